The van der Waals surface area contributed by atoms with Gasteiger partial charge in [0.25, 0.3) is 0 Å². The molecule has 1 aliphatic carbocycles. The van der Waals surface area contributed by atoms with Crippen molar-refractivity contribution in [1.29, 1.82) is 0 Å². The number of sulfone groups is 1. The third-order valence-corrected chi connectivity index (χ3v) is 5.20. The summed E-state index contributed by atoms with van der Waals surface area (Å²) in [5.41, 5.74) is 0.727. The molecule has 1 aromatic heterocycles. The van der Waals surface area contributed by atoms with Crippen LogP contribution in [0.3, 0.4) is 0 Å². The maximum Gasteiger partial charge on any atom is 0.178 e. The minimum absolute atomic E-state index is 0.189. The van der Waals surface area contributed by atoms with Crippen LogP contribution >= 0.6 is 0 Å². The standard InChI is InChI=1S/C14H21N3O2S/c1-20(18,19)12-9-16-13(7-10-4-5-10)17-14(12)11-3-2-6-15-8-11/h9-11,15H,2-8H2,1H3/t11-/m1/s1. The average molecular weight is 295 g/mol. The smallest absolute Gasteiger partial charge is 0.178 e. The Kier molecular flexibility index (Phi) is 3.77. The van der Waals surface area contributed by atoms with Crippen LogP contribution < -0.4 is 5.32 Å². The maximum absolute atomic E-state index is 11.9. The van der Waals surface area contributed by atoms with E-state index in [1.54, 1.807) is 0 Å². The van der Waals surface area contributed by atoms with Crippen molar-refractivity contribution in [3.05, 3.63) is 17.7 Å². The summed E-state index contributed by atoms with van der Waals surface area (Å²) < 4.78 is 23.9. The van der Waals surface area contributed by atoms with Crippen LogP contribution in [0.1, 0.15) is 43.1 Å². The van der Waals surface area contributed by atoms with Gasteiger partial charge in [-0.05, 0) is 38.1 Å². The quantitative estimate of drug-likeness (QED) is 0.906. The highest BCUT2D eigenvalue weighted by Gasteiger charge is 2.27. The van der Waals surface area contributed by atoms with Crippen molar-refractivity contribution in [2.75, 3.05) is 19.3 Å². The molecular weight excluding hydrogens is 274 g/mol. The number of rotatable bonds is 4. The first kappa shape index (κ1) is 13.9. The van der Waals surface area contributed by atoms with E-state index < -0.39 is 9.84 Å². The molecule has 6 heteroatoms. The fourth-order valence-corrected chi connectivity index (χ4v) is 3.60. The van der Waals surface area contributed by atoms with Crippen LogP contribution in [0.2, 0.25) is 0 Å². The highest BCUT2D eigenvalue weighted by atomic mass is 32.2. The Hall–Kier alpha value is -1.01. The summed E-state index contributed by atoms with van der Waals surface area (Å²) in [5, 5.41) is 3.33. The Bertz CT molecular complexity index is 590. The van der Waals surface area contributed by atoms with E-state index in [-0.39, 0.29) is 5.92 Å². The van der Waals surface area contributed by atoms with Crippen molar-refractivity contribution in [2.24, 2.45) is 5.92 Å². The molecule has 1 saturated carbocycles. The van der Waals surface area contributed by atoms with Gasteiger partial charge in [-0.25, -0.2) is 18.4 Å². The molecule has 110 valence electrons. The molecule has 0 spiro atoms. The van der Waals surface area contributed by atoms with Gasteiger partial charge in [-0.15, -0.1) is 0 Å². The Morgan fingerprint density at radius 2 is 2.15 bits per heavy atom. The third kappa shape index (κ3) is 3.17. The molecule has 1 aliphatic heterocycles. The van der Waals surface area contributed by atoms with Gasteiger partial charge in [0, 0.05) is 31.3 Å². The van der Waals surface area contributed by atoms with E-state index in [1.807, 2.05) is 0 Å². The fraction of sp³-hybridized carbons (Fsp3) is 0.714. The number of nitrogens with zero attached hydrogens (tertiary/aromatic N) is 2. The van der Waals surface area contributed by atoms with E-state index in [1.165, 1.54) is 25.3 Å². The molecule has 2 fully saturated rings. The van der Waals surface area contributed by atoms with Crippen molar-refractivity contribution in [1.82, 2.24) is 15.3 Å². The summed E-state index contributed by atoms with van der Waals surface area (Å²) in [6.07, 6.45) is 8.20. The van der Waals surface area contributed by atoms with E-state index in [9.17, 15) is 8.42 Å². The first-order valence-electron chi connectivity index (χ1n) is 7.30. The molecular formula is C14H21N3O2S. The van der Waals surface area contributed by atoms with Crippen molar-refractivity contribution >= 4 is 9.84 Å². The molecule has 0 bridgehead atoms. The second-order valence-corrected chi connectivity index (χ2v) is 7.98. The summed E-state index contributed by atoms with van der Waals surface area (Å²) >= 11 is 0. The Labute approximate surface area is 120 Å². The van der Waals surface area contributed by atoms with Gasteiger partial charge < -0.3 is 5.32 Å². The van der Waals surface area contributed by atoms with Crippen LogP contribution in [0.4, 0.5) is 0 Å². The van der Waals surface area contributed by atoms with Crippen molar-refractivity contribution in [3.8, 4) is 0 Å². The summed E-state index contributed by atoms with van der Waals surface area (Å²) in [6.45, 7) is 1.81. The number of hydrogen-bond donors (Lipinski definition) is 1. The van der Waals surface area contributed by atoms with Gasteiger partial charge in [0.05, 0.1) is 5.69 Å². The van der Waals surface area contributed by atoms with E-state index in [0.29, 0.717) is 10.8 Å². The molecule has 1 aromatic rings. The second kappa shape index (κ2) is 5.41. The van der Waals surface area contributed by atoms with E-state index in [4.69, 9.17) is 0 Å². The van der Waals surface area contributed by atoms with Crippen molar-refractivity contribution in [3.63, 3.8) is 0 Å². The second-order valence-electron chi connectivity index (χ2n) is 6.00. The summed E-state index contributed by atoms with van der Waals surface area (Å²) in [5.74, 6) is 1.70. The maximum atomic E-state index is 11.9. The molecule has 0 aromatic carbocycles. The normalized spacial score (nSPS) is 23.8. The molecule has 5 nitrogen and oxygen atoms in total. The van der Waals surface area contributed by atoms with Crippen LogP contribution in [0.15, 0.2) is 11.1 Å². The van der Waals surface area contributed by atoms with Gasteiger partial charge in [0.1, 0.15) is 10.7 Å². The van der Waals surface area contributed by atoms with Gasteiger partial charge in [-0.1, -0.05) is 0 Å². The minimum Gasteiger partial charge on any atom is -0.316 e. The molecule has 0 radical (unpaired) electrons. The first-order chi connectivity index (χ1) is 9.54. The predicted octanol–water partition coefficient (Wildman–Crippen LogP) is 1.30. The number of aromatic nitrogens is 2. The molecule has 0 amide bonds. The van der Waals surface area contributed by atoms with Crippen LogP contribution in [0.25, 0.3) is 0 Å². The lowest BCUT2D eigenvalue weighted by Gasteiger charge is -2.24. The Balaban J connectivity index is 1.96. The molecule has 1 N–H and O–H groups in total. The van der Waals surface area contributed by atoms with E-state index in [0.717, 1.165) is 43.9 Å². The lowest BCUT2D eigenvalue weighted by Crippen LogP contribution is -2.30. The van der Waals surface area contributed by atoms with Gasteiger partial charge >= 0.3 is 0 Å². The topological polar surface area (TPSA) is 72.0 Å². The molecule has 2 heterocycles. The summed E-state index contributed by atoms with van der Waals surface area (Å²) in [4.78, 5) is 9.19. The number of piperidine rings is 1. The summed E-state index contributed by atoms with van der Waals surface area (Å²) in [6, 6.07) is 0. The van der Waals surface area contributed by atoms with Crippen molar-refractivity contribution < 1.29 is 8.42 Å². The Morgan fingerprint density at radius 1 is 1.35 bits per heavy atom. The average Bonchev–Trinajstić information content (AvgIpc) is 3.22. The fourth-order valence-electron chi connectivity index (χ4n) is 2.76. The zero-order valence-electron chi connectivity index (χ0n) is 11.8. The van der Waals surface area contributed by atoms with Crippen molar-refractivity contribution in [2.45, 2.75) is 42.9 Å². The SMILES string of the molecule is CS(=O)(=O)c1cnc(CC2CC2)nc1[C@@H]1CCCNC1. The third-order valence-electron chi connectivity index (χ3n) is 4.08. The van der Waals surface area contributed by atoms with Crippen LogP contribution in [-0.4, -0.2) is 37.7 Å². The first-order valence-corrected chi connectivity index (χ1v) is 9.20. The van der Waals surface area contributed by atoms with Crippen LogP contribution in [0.5, 0.6) is 0 Å². The molecule has 1 atom stereocenters. The Morgan fingerprint density at radius 3 is 2.75 bits per heavy atom. The number of nitrogens with one attached hydrogen (secondary N) is 1. The largest absolute Gasteiger partial charge is 0.316 e. The predicted molar refractivity (Wildman–Crippen MR) is 76.4 cm³/mol. The van der Waals surface area contributed by atoms with E-state index >= 15 is 0 Å². The molecule has 0 unspecified atom stereocenters. The zero-order valence-corrected chi connectivity index (χ0v) is 12.6. The van der Waals surface area contributed by atoms with Gasteiger partial charge in [0.2, 0.25) is 0 Å². The van der Waals surface area contributed by atoms with E-state index in [2.05, 4.69) is 15.3 Å². The molecule has 2 aliphatic rings. The monoisotopic (exact) mass is 295 g/mol. The summed E-state index contributed by atoms with van der Waals surface area (Å²) in [7, 11) is -3.27. The lowest BCUT2D eigenvalue weighted by atomic mass is 9.96. The van der Waals surface area contributed by atoms with Gasteiger partial charge in [-0.3, -0.25) is 0 Å². The van der Waals surface area contributed by atoms with Gasteiger partial charge in [0.15, 0.2) is 9.84 Å². The molecule has 20 heavy (non-hydrogen) atoms. The van der Waals surface area contributed by atoms with Crippen LogP contribution in [0, 0.1) is 5.92 Å². The molecule has 1 saturated heterocycles. The van der Waals surface area contributed by atoms with Gasteiger partial charge in [-0.2, -0.15) is 0 Å². The highest BCUT2D eigenvalue weighted by Crippen LogP contribution is 2.33. The zero-order chi connectivity index (χ0) is 14.2. The number of hydrogen-bond acceptors (Lipinski definition) is 5. The lowest BCUT2D eigenvalue weighted by molar-refractivity contribution is 0.446. The highest BCUT2D eigenvalue weighted by molar-refractivity contribution is 7.90. The van der Waals surface area contributed by atoms with Crippen LogP contribution in [-0.2, 0) is 16.3 Å². The minimum atomic E-state index is -3.27. The molecule has 3 rings (SSSR count).